The largest absolute Gasteiger partial charge is 0.480 e. The molecule has 5 heteroatoms. The fourth-order valence-corrected chi connectivity index (χ4v) is 1.54. The summed E-state index contributed by atoms with van der Waals surface area (Å²) < 4.78 is 4.40. The van der Waals surface area contributed by atoms with Crippen molar-refractivity contribution >= 4 is 12.1 Å². The van der Waals surface area contributed by atoms with Crippen LogP contribution in [0.5, 0.6) is 0 Å². The predicted octanol–water partition coefficient (Wildman–Crippen LogP) is 1.60. The summed E-state index contributed by atoms with van der Waals surface area (Å²) in [6.45, 7) is 1.74. The Kier molecular flexibility index (Phi) is 4.51. The van der Waals surface area contributed by atoms with Crippen LogP contribution >= 0.6 is 0 Å². The minimum atomic E-state index is -1.09. The van der Waals surface area contributed by atoms with Gasteiger partial charge < -0.3 is 15.2 Å². The zero-order valence-electron chi connectivity index (χ0n) is 9.71. The summed E-state index contributed by atoms with van der Waals surface area (Å²) in [5.74, 6) is -1.43. The highest BCUT2D eigenvalue weighted by atomic mass is 16.5. The van der Waals surface area contributed by atoms with Crippen LogP contribution in [0.1, 0.15) is 18.4 Å². The zero-order chi connectivity index (χ0) is 12.8. The van der Waals surface area contributed by atoms with Crippen LogP contribution in [-0.2, 0) is 9.53 Å². The Hall–Kier alpha value is -2.04. The van der Waals surface area contributed by atoms with Crippen LogP contribution in [-0.4, -0.2) is 30.3 Å². The molecule has 0 bridgehead atoms. The summed E-state index contributed by atoms with van der Waals surface area (Å²) in [4.78, 5) is 22.2. The topological polar surface area (TPSA) is 75.6 Å². The number of carboxylic acid groups (broad SMARTS) is 1. The van der Waals surface area contributed by atoms with Crippen molar-refractivity contribution in [3.63, 3.8) is 0 Å². The number of hydrogen-bond acceptors (Lipinski definition) is 3. The molecule has 0 aromatic heterocycles. The van der Waals surface area contributed by atoms with Crippen molar-refractivity contribution in [3.05, 3.63) is 35.9 Å². The average Bonchev–Trinajstić information content (AvgIpc) is 2.35. The molecule has 0 fully saturated rings. The van der Waals surface area contributed by atoms with Gasteiger partial charge in [0.05, 0.1) is 7.11 Å². The molecule has 0 aliphatic carbocycles. The Morgan fingerprint density at radius 3 is 2.35 bits per heavy atom. The van der Waals surface area contributed by atoms with Crippen LogP contribution < -0.4 is 5.32 Å². The van der Waals surface area contributed by atoms with E-state index >= 15 is 0 Å². The Balaban J connectivity index is 2.84. The molecule has 1 amide bonds. The second-order valence-corrected chi connectivity index (χ2v) is 3.65. The van der Waals surface area contributed by atoms with E-state index in [9.17, 15) is 9.59 Å². The molecule has 0 aliphatic heterocycles. The Labute approximate surface area is 99.4 Å². The summed E-state index contributed by atoms with van der Waals surface area (Å²) in [6, 6.07) is 8.12. The normalized spacial score (nSPS) is 13.5. The van der Waals surface area contributed by atoms with Crippen LogP contribution in [0.25, 0.3) is 0 Å². The lowest BCUT2D eigenvalue weighted by Gasteiger charge is -2.21. The first-order valence-corrected chi connectivity index (χ1v) is 5.18. The van der Waals surface area contributed by atoms with Gasteiger partial charge in [0, 0.05) is 5.92 Å². The van der Waals surface area contributed by atoms with E-state index in [1.54, 1.807) is 6.92 Å². The van der Waals surface area contributed by atoms with E-state index in [0.717, 1.165) is 5.56 Å². The molecular formula is C12H15NO4. The van der Waals surface area contributed by atoms with E-state index in [2.05, 4.69) is 10.1 Å². The molecule has 0 radical (unpaired) electrons. The van der Waals surface area contributed by atoms with Gasteiger partial charge in [-0.2, -0.15) is 0 Å². The Morgan fingerprint density at radius 2 is 1.88 bits per heavy atom. The molecule has 17 heavy (non-hydrogen) atoms. The van der Waals surface area contributed by atoms with Crippen LogP contribution in [0.15, 0.2) is 30.3 Å². The van der Waals surface area contributed by atoms with Crippen molar-refractivity contribution in [2.75, 3.05) is 7.11 Å². The number of alkyl carbamates (subject to hydrolysis) is 1. The first-order valence-electron chi connectivity index (χ1n) is 5.18. The lowest BCUT2D eigenvalue weighted by molar-refractivity contribution is -0.139. The highest BCUT2D eigenvalue weighted by Gasteiger charge is 2.27. The quantitative estimate of drug-likeness (QED) is 0.834. The van der Waals surface area contributed by atoms with Gasteiger partial charge in [0.2, 0.25) is 0 Å². The summed E-state index contributed by atoms with van der Waals surface area (Å²) in [7, 11) is 1.20. The lowest BCUT2D eigenvalue weighted by Crippen LogP contribution is -2.44. The van der Waals surface area contributed by atoms with E-state index < -0.39 is 18.1 Å². The van der Waals surface area contributed by atoms with E-state index in [0.29, 0.717) is 0 Å². The Morgan fingerprint density at radius 1 is 1.29 bits per heavy atom. The summed E-state index contributed by atoms with van der Waals surface area (Å²) >= 11 is 0. The molecule has 2 atom stereocenters. The fourth-order valence-electron chi connectivity index (χ4n) is 1.54. The summed E-state index contributed by atoms with van der Waals surface area (Å²) in [6.07, 6.45) is -0.750. The van der Waals surface area contributed by atoms with Crippen LogP contribution in [0, 0.1) is 0 Å². The molecule has 92 valence electrons. The number of methoxy groups -OCH3 is 1. The number of carboxylic acids is 1. The molecule has 1 rings (SSSR count). The smallest absolute Gasteiger partial charge is 0.407 e. The molecule has 0 aliphatic rings. The molecule has 2 N–H and O–H groups in total. The van der Waals surface area contributed by atoms with Crippen LogP contribution in [0.2, 0.25) is 0 Å². The van der Waals surface area contributed by atoms with E-state index in [1.807, 2.05) is 30.3 Å². The van der Waals surface area contributed by atoms with Crippen molar-refractivity contribution in [2.45, 2.75) is 18.9 Å². The van der Waals surface area contributed by atoms with Gasteiger partial charge in [0.25, 0.3) is 0 Å². The van der Waals surface area contributed by atoms with E-state index in [-0.39, 0.29) is 5.92 Å². The maximum absolute atomic E-state index is 11.1. The zero-order valence-corrected chi connectivity index (χ0v) is 9.71. The maximum atomic E-state index is 11.1. The van der Waals surface area contributed by atoms with Crippen LogP contribution in [0.3, 0.4) is 0 Å². The van der Waals surface area contributed by atoms with Crippen molar-refractivity contribution in [1.29, 1.82) is 0 Å². The molecule has 5 nitrogen and oxygen atoms in total. The minimum absolute atomic E-state index is 0.340. The number of hydrogen-bond donors (Lipinski definition) is 2. The Bertz CT molecular complexity index is 391. The van der Waals surface area contributed by atoms with Gasteiger partial charge in [0.15, 0.2) is 0 Å². The summed E-state index contributed by atoms with van der Waals surface area (Å²) in [5.41, 5.74) is 0.844. The number of benzene rings is 1. The monoisotopic (exact) mass is 237 g/mol. The number of aliphatic carboxylic acids is 1. The minimum Gasteiger partial charge on any atom is -0.480 e. The highest BCUT2D eigenvalue weighted by molar-refractivity contribution is 5.80. The molecule has 2 unspecified atom stereocenters. The standard InChI is InChI=1S/C12H15NO4/c1-8(9-6-4-3-5-7-9)10(11(14)15)13-12(16)17-2/h3-8,10H,1-2H3,(H,13,16)(H,14,15). The molecule has 0 spiro atoms. The van der Waals surface area contributed by atoms with Crippen molar-refractivity contribution in [2.24, 2.45) is 0 Å². The summed E-state index contributed by atoms with van der Waals surface area (Å²) in [5, 5.41) is 11.4. The molecule has 0 heterocycles. The average molecular weight is 237 g/mol. The SMILES string of the molecule is COC(=O)NC(C(=O)O)C(C)c1ccccc1. The van der Waals surface area contributed by atoms with Gasteiger partial charge in [-0.25, -0.2) is 9.59 Å². The first kappa shape index (κ1) is 13.0. The van der Waals surface area contributed by atoms with Crippen molar-refractivity contribution in [1.82, 2.24) is 5.32 Å². The molecule has 1 aromatic rings. The molecule has 0 saturated carbocycles. The third-order valence-electron chi connectivity index (χ3n) is 2.55. The first-order chi connectivity index (χ1) is 8.06. The molecule has 1 aromatic carbocycles. The molecule has 0 saturated heterocycles. The van der Waals surface area contributed by atoms with E-state index in [4.69, 9.17) is 5.11 Å². The van der Waals surface area contributed by atoms with Gasteiger partial charge >= 0.3 is 12.1 Å². The van der Waals surface area contributed by atoms with Gasteiger partial charge in [-0.1, -0.05) is 37.3 Å². The van der Waals surface area contributed by atoms with Gasteiger partial charge in [-0.15, -0.1) is 0 Å². The van der Waals surface area contributed by atoms with Gasteiger partial charge in [0.1, 0.15) is 6.04 Å². The second kappa shape index (κ2) is 5.89. The van der Waals surface area contributed by atoms with Gasteiger partial charge in [-0.3, -0.25) is 0 Å². The number of rotatable bonds is 4. The number of carbonyl (C=O) groups excluding carboxylic acids is 1. The fraction of sp³-hybridized carbons (Fsp3) is 0.333. The number of carbonyl (C=O) groups is 2. The van der Waals surface area contributed by atoms with Crippen molar-refractivity contribution < 1.29 is 19.4 Å². The van der Waals surface area contributed by atoms with Gasteiger partial charge in [-0.05, 0) is 5.56 Å². The number of amides is 1. The lowest BCUT2D eigenvalue weighted by atomic mass is 9.93. The number of nitrogens with one attached hydrogen (secondary N) is 1. The van der Waals surface area contributed by atoms with Crippen LogP contribution in [0.4, 0.5) is 4.79 Å². The third kappa shape index (κ3) is 3.48. The maximum Gasteiger partial charge on any atom is 0.407 e. The second-order valence-electron chi connectivity index (χ2n) is 3.65. The third-order valence-corrected chi connectivity index (χ3v) is 2.55. The molecular weight excluding hydrogens is 222 g/mol. The number of ether oxygens (including phenoxy) is 1. The van der Waals surface area contributed by atoms with Crippen molar-refractivity contribution in [3.8, 4) is 0 Å². The predicted molar refractivity (Wildman–Crippen MR) is 61.8 cm³/mol. The highest BCUT2D eigenvalue weighted by Crippen LogP contribution is 2.19. The van der Waals surface area contributed by atoms with E-state index in [1.165, 1.54) is 7.11 Å².